The standard InChI is InChI=1S/C18H22N6O3/c1-25-15-4-3-5-16(26-2)17(15)27-23-11-21-18(24(20)12-23)22-14-8-6-13(10-19)7-9-14/h3-9,18,21-22H,11-12,20H2,1-2H3. The van der Waals surface area contributed by atoms with Crippen molar-refractivity contribution in [1.29, 1.82) is 5.26 Å². The zero-order valence-corrected chi connectivity index (χ0v) is 15.2. The van der Waals surface area contributed by atoms with Crippen LogP contribution >= 0.6 is 0 Å². The van der Waals surface area contributed by atoms with Crippen molar-refractivity contribution in [2.45, 2.75) is 6.29 Å². The van der Waals surface area contributed by atoms with Crippen molar-refractivity contribution in [2.24, 2.45) is 5.84 Å². The van der Waals surface area contributed by atoms with E-state index in [9.17, 15) is 0 Å². The number of rotatable bonds is 6. The summed E-state index contributed by atoms with van der Waals surface area (Å²) in [5, 5.41) is 18.6. The van der Waals surface area contributed by atoms with Crippen LogP contribution in [0.2, 0.25) is 0 Å². The summed E-state index contributed by atoms with van der Waals surface area (Å²) in [4.78, 5) is 5.93. The second-order valence-corrected chi connectivity index (χ2v) is 5.82. The molecule has 1 aliphatic heterocycles. The zero-order chi connectivity index (χ0) is 19.2. The third-order valence-corrected chi connectivity index (χ3v) is 4.03. The normalized spacial score (nSPS) is 17.8. The molecule has 27 heavy (non-hydrogen) atoms. The number of hydrazine groups is 1. The minimum atomic E-state index is -0.294. The summed E-state index contributed by atoms with van der Waals surface area (Å²) in [7, 11) is 3.14. The summed E-state index contributed by atoms with van der Waals surface area (Å²) in [6, 6.07) is 14.7. The Hall–Kier alpha value is -3.03. The Kier molecular flexibility index (Phi) is 5.95. The van der Waals surface area contributed by atoms with E-state index in [1.807, 2.05) is 18.2 Å². The molecule has 3 rings (SSSR count). The van der Waals surface area contributed by atoms with Crippen molar-refractivity contribution in [3.05, 3.63) is 48.0 Å². The van der Waals surface area contributed by atoms with Crippen LogP contribution in [0.15, 0.2) is 42.5 Å². The second-order valence-electron chi connectivity index (χ2n) is 5.82. The minimum Gasteiger partial charge on any atom is -0.493 e. The van der Waals surface area contributed by atoms with Gasteiger partial charge in [-0.05, 0) is 36.4 Å². The molecule has 2 aromatic rings. The molecule has 0 radical (unpaired) electrons. The van der Waals surface area contributed by atoms with Gasteiger partial charge in [-0.1, -0.05) is 6.07 Å². The Morgan fingerprint density at radius 2 is 1.81 bits per heavy atom. The molecule has 0 aliphatic carbocycles. The van der Waals surface area contributed by atoms with Crippen LogP contribution in [-0.4, -0.2) is 43.9 Å². The highest BCUT2D eigenvalue weighted by Crippen LogP contribution is 2.37. The molecule has 1 atom stereocenters. The highest BCUT2D eigenvalue weighted by Gasteiger charge is 2.26. The van der Waals surface area contributed by atoms with Crippen molar-refractivity contribution in [2.75, 3.05) is 32.9 Å². The number of nitrogens with two attached hydrogens (primary N) is 1. The van der Waals surface area contributed by atoms with Gasteiger partial charge in [0.2, 0.25) is 5.75 Å². The average molecular weight is 370 g/mol. The maximum atomic E-state index is 8.87. The van der Waals surface area contributed by atoms with E-state index in [4.69, 9.17) is 25.4 Å². The first-order chi connectivity index (χ1) is 13.1. The molecule has 1 aliphatic rings. The maximum absolute atomic E-state index is 8.87. The number of para-hydroxylation sites is 1. The lowest BCUT2D eigenvalue weighted by Gasteiger charge is -2.39. The van der Waals surface area contributed by atoms with E-state index in [1.165, 1.54) is 0 Å². The topological polar surface area (TPSA) is 108 Å². The first kappa shape index (κ1) is 18.8. The number of hydrogen-bond acceptors (Lipinski definition) is 9. The number of hydroxylamine groups is 2. The van der Waals surface area contributed by atoms with Gasteiger partial charge in [0.15, 0.2) is 11.5 Å². The molecule has 1 unspecified atom stereocenters. The van der Waals surface area contributed by atoms with Crippen LogP contribution in [0, 0.1) is 11.3 Å². The predicted molar refractivity (Wildman–Crippen MR) is 99.5 cm³/mol. The van der Waals surface area contributed by atoms with E-state index in [-0.39, 0.29) is 6.29 Å². The lowest BCUT2D eigenvalue weighted by Crippen LogP contribution is -2.65. The molecule has 142 valence electrons. The summed E-state index contributed by atoms with van der Waals surface area (Å²) >= 11 is 0. The van der Waals surface area contributed by atoms with Crippen molar-refractivity contribution in [3.63, 3.8) is 0 Å². The van der Waals surface area contributed by atoms with Crippen LogP contribution in [0.4, 0.5) is 5.69 Å². The molecule has 0 aromatic heterocycles. The smallest absolute Gasteiger partial charge is 0.231 e. The van der Waals surface area contributed by atoms with Crippen LogP contribution in [0.5, 0.6) is 17.2 Å². The minimum absolute atomic E-state index is 0.294. The van der Waals surface area contributed by atoms with Crippen LogP contribution in [-0.2, 0) is 0 Å². The molecule has 1 fully saturated rings. The molecule has 1 heterocycles. The summed E-state index contributed by atoms with van der Waals surface area (Å²) in [5.74, 6) is 7.75. The van der Waals surface area contributed by atoms with E-state index in [0.717, 1.165) is 5.69 Å². The third-order valence-electron chi connectivity index (χ3n) is 4.03. The molecular formula is C18H22N6O3. The van der Waals surface area contributed by atoms with Gasteiger partial charge in [-0.15, -0.1) is 5.06 Å². The summed E-state index contributed by atoms with van der Waals surface area (Å²) in [6.45, 7) is 0.755. The number of nitriles is 1. The number of benzene rings is 2. The first-order valence-corrected chi connectivity index (χ1v) is 8.30. The number of methoxy groups -OCH3 is 2. The third kappa shape index (κ3) is 4.39. The van der Waals surface area contributed by atoms with Gasteiger partial charge in [0, 0.05) is 5.69 Å². The van der Waals surface area contributed by atoms with Gasteiger partial charge in [-0.2, -0.15) is 10.3 Å². The van der Waals surface area contributed by atoms with E-state index in [2.05, 4.69) is 16.7 Å². The van der Waals surface area contributed by atoms with E-state index in [1.54, 1.807) is 48.6 Å². The molecule has 4 N–H and O–H groups in total. The number of anilines is 1. The Balaban J connectivity index is 1.62. The van der Waals surface area contributed by atoms with Crippen LogP contribution < -0.4 is 30.8 Å². The molecule has 9 heteroatoms. The van der Waals surface area contributed by atoms with Gasteiger partial charge in [0.1, 0.15) is 13.0 Å². The Labute approximate surface area is 157 Å². The highest BCUT2D eigenvalue weighted by molar-refractivity contribution is 5.51. The van der Waals surface area contributed by atoms with Gasteiger partial charge in [0.05, 0.1) is 32.5 Å². The Morgan fingerprint density at radius 1 is 1.15 bits per heavy atom. The summed E-state index contributed by atoms with van der Waals surface area (Å²) in [5.41, 5.74) is 1.45. The number of nitrogens with zero attached hydrogens (tertiary/aromatic N) is 3. The van der Waals surface area contributed by atoms with E-state index >= 15 is 0 Å². The monoisotopic (exact) mass is 370 g/mol. The quantitative estimate of drug-likeness (QED) is 0.648. The van der Waals surface area contributed by atoms with E-state index in [0.29, 0.717) is 36.1 Å². The fraction of sp³-hybridized carbons (Fsp3) is 0.278. The van der Waals surface area contributed by atoms with Crippen molar-refractivity contribution in [1.82, 2.24) is 15.4 Å². The molecule has 0 saturated carbocycles. The maximum Gasteiger partial charge on any atom is 0.231 e. The van der Waals surface area contributed by atoms with E-state index < -0.39 is 0 Å². The van der Waals surface area contributed by atoms with Crippen LogP contribution in [0.1, 0.15) is 5.56 Å². The Bertz CT molecular complexity index is 785. The fourth-order valence-corrected chi connectivity index (χ4v) is 2.65. The van der Waals surface area contributed by atoms with Gasteiger partial charge in [-0.3, -0.25) is 11.2 Å². The second kappa shape index (κ2) is 8.57. The fourth-order valence-electron chi connectivity index (χ4n) is 2.65. The zero-order valence-electron chi connectivity index (χ0n) is 15.2. The molecule has 0 amide bonds. The predicted octanol–water partition coefficient (Wildman–Crippen LogP) is 1.26. The van der Waals surface area contributed by atoms with Gasteiger partial charge < -0.3 is 19.6 Å². The number of hydrogen-bond donors (Lipinski definition) is 3. The van der Waals surface area contributed by atoms with Crippen molar-refractivity contribution >= 4 is 5.69 Å². The molecule has 0 bridgehead atoms. The summed E-state index contributed by atoms with van der Waals surface area (Å²) in [6.07, 6.45) is -0.294. The molecule has 0 spiro atoms. The Morgan fingerprint density at radius 3 is 2.37 bits per heavy atom. The largest absolute Gasteiger partial charge is 0.493 e. The van der Waals surface area contributed by atoms with Gasteiger partial charge >= 0.3 is 0 Å². The lowest BCUT2D eigenvalue weighted by atomic mass is 10.2. The van der Waals surface area contributed by atoms with Gasteiger partial charge in [-0.25, -0.2) is 0 Å². The molecule has 1 saturated heterocycles. The SMILES string of the molecule is COc1cccc(OC)c1ON1CNC(Nc2ccc(C#N)cc2)N(N)C1. The first-order valence-electron chi connectivity index (χ1n) is 8.30. The average Bonchev–Trinajstić information content (AvgIpc) is 2.70. The molecule has 9 nitrogen and oxygen atoms in total. The molecular weight excluding hydrogens is 348 g/mol. The highest BCUT2D eigenvalue weighted by atomic mass is 16.7. The van der Waals surface area contributed by atoms with Crippen molar-refractivity contribution in [3.8, 4) is 23.3 Å². The lowest BCUT2D eigenvalue weighted by molar-refractivity contribution is -0.143. The number of ether oxygens (including phenoxy) is 2. The molecule has 2 aromatic carbocycles. The van der Waals surface area contributed by atoms with Crippen LogP contribution in [0.3, 0.4) is 0 Å². The van der Waals surface area contributed by atoms with Gasteiger partial charge in [0.25, 0.3) is 0 Å². The number of nitrogens with one attached hydrogen (secondary N) is 2. The van der Waals surface area contributed by atoms with Crippen molar-refractivity contribution < 1.29 is 14.3 Å². The summed E-state index contributed by atoms with van der Waals surface area (Å²) < 4.78 is 10.7. The van der Waals surface area contributed by atoms with Crippen LogP contribution in [0.25, 0.3) is 0 Å².